The van der Waals surface area contributed by atoms with Gasteiger partial charge in [0.15, 0.2) is 0 Å². The van der Waals surface area contributed by atoms with E-state index in [4.69, 9.17) is 0 Å². The third kappa shape index (κ3) is 20.4. The quantitative estimate of drug-likeness (QED) is 0.739. The summed E-state index contributed by atoms with van der Waals surface area (Å²) < 4.78 is 0. The molecule has 2 aromatic carbocycles. The minimum absolute atomic E-state index is 0. The highest BCUT2D eigenvalue weighted by Gasteiger charge is 1.92. The fourth-order valence-corrected chi connectivity index (χ4v) is 1.43. The molecule has 2 nitrogen and oxygen atoms in total. The molecule has 0 unspecified atom stereocenters. The van der Waals surface area contributed by atoms with E-state index < -0.39 is 0 Å². The minimum atomic E-state index is 0. The van der Waals surface area contributed by atoms with Crippen LogP contribution in [-0.2, 0) is 6.42 Å². The monoisotopic (exact) mass is 322 g/mol. The molecule has 0 amide bonds. The predicted octanol–water partition coefficient (Wildman–Crippen LogP) is 5.75. The maximum absolute atomic E-state index is 4.50. The van der Waals surface area contributed by atoms with Gasteiger partial charge in [-0.1, -0.05) is 103 Å². The lowest BCUT2D eigenvalue weighted by Crippen LogP contribution is -1.85. The van der Waals surface area contributed by atoms with Crippen molar-refractivity contribution >= 4 is 0 Å². The van der Waals surface area contributed by atoms with Gasteiger partial charge in [0.05, 0.1) is 0 Å². The highest BCUT2D eigenvalue weighted by Crippen LogP contribution is 2.07. The van der Waals surface area contributed by atoms with Gasteiger partial charge >= 0.3 is 0 Å². The van der Waals surface area contributed by atoms with Crippen LogP contribution in [0.15, 0.2) is 60.7 Å². The Morgan fingerprint density at radius 3 is 0.957 bits per heavy atom. The van der Waals surface area contributed by atoms with Crippen molar-refractivity contribution in [1.82, 2.24) is 0 Å². The van der Waals surface area contributed by atoms with Crippen LogP contribution in [0.2, 0.25) is 0 Å². The molecule has 136 valence electrons. The zero-order valence-corrected chi connectivity index (χ0v) is 14.6. The molecule has 0 aromatic heterocycles. The number of hydrogen-bond acceptors (Lipinski definition) is 2. The van der Waals surface area contributed by atoms with Crippen LogP contribution in [0.5, 0.6) is 0 Å². The molecule has 0 spiro atoms. The molecule has 2 rings (SSSR count). The third-order valence-corrected chi connectivity index (χ3v) is 2.09. The molecule has 0 fully saturated rings. The van der Waals surface area contributed by atoms with Crippen molar-refractivity contribution < 1.29 is 0 Å². The highest BCUT2D eigenvalue weighted by molar-refractivity contribution is 5.25. The Morgan fingerprint density at radius 1 is 0.522 bits per heavy atom. The highest BCUT2D eigenvalue weighted by atomic mass is 14.4. The van der Waals surface area contributed by atoms with Crippen molar-refractivity contribution in [2.75, 3.05) is 14.1 Å². The van der Waals surface area contributed by atoms with Gasteiger partial charge in [0.1, 0.15) is 0 Å². The lowest BCUT2D eigenvalue weighted by atomic mass is 10.1. The standard InChI is InChI=1S/C13H12.2C2H6.2CH5N.2CH4/c1-3-7-12(8-4-1)11-13-9-5-2-6-10-13;4*1-2;;/h1-10H,11H2;2*1-2H3;2*2H2,1H3;2*1H4. The first-order valence-corrected chi connectivity index (χ1v) is 7.68. The molecule has 2 aromatic rings. The minimum Gasteiger partial charge on any atom is -0.333 e. The Bertz CT molecular complexity index is 321. The fourth-order valence-electron chi connectivity index (χ4n) is 1.43. The van der Waals surface area contributed by atoms with Crippen LogP contribution in [0.25, 0.3) is 0 Å². The van der Waals surface area contributed by atoms with Crippen LogP contribution < -0.4 is 11.5 Å². The molecule has 0 heterocycles. The Balaban J connectivity index is -0.0000000954. The summed E-state index contributed by atoms with van der Waals surface area (Å²) in [5, 5.41) is 0. The first-order chi connectivity index (χ1) is 10.4. The summed E-state index contributed by atoms with van der Waals surface area (Å²) in [5.74, 6) is 0. The second kappa shape index (κ2) is 32.3. The van der Waals surface area contributed by atoms with Gasteiger partial charge in [-0.3, -0.25) is 0 Å². The van der Waals surface area contributed by atoms with Crippen molar-refractivity contribution in [1.29, 1.82) is 0 Å². The second-order valence-corrected chi connectivity index (χ2v) is 3.15. The molecule has 0 saturated carbocycles. The number of rotatable bonds is 2. The van der Waals surface area contributed by atoms with Gasteiger partial charge in [-0.15, -0.1) is 0 Å². The number of hydrogen-bond donors (Lipinski definition) is 2. The first kappa shape index (κ1) is 33.1. The topological polar surface area (TPSA) is 52.0 Å². The van der Waals surface area contributed by atoms with Gasteiger partial charge in [-0.25, -0.2) is 0 Å². The molecular weight excluding hydrogens is 280 g/mol. The molecule has 0 saturated heterocycles. The Kier molecular flexibility index (Phi) is 46.5. The molecule has 4 N–H and O–H groups in total. The van der Waals surface area contributed by atoms with E-state index >= 15 is 0 Å². The van der Waals surface area contributed by atoms with Crippen molar-refractivity contribution in [3.05, 3.63) is 71.8 Å². The summed E-state index contributed by atoms with van der Waals surface area (Å²) in [6.07, 6.45) is 1.03. The van der Waals surface area contributed by atoms with Crippen LogP contribution in [-0.4, -0.2) is 14.1 Å². The summed E-state index contributed by atoms with van der Waals surface area (Å²) >= 11 is 0. The van der Waals surface area contributed by atoms with Gasteiger partial charge in [0, 0.05) is 0 Å². The molecule has 0 bridgehead atoms. The van der Waals surface area contributed by atoms with E-state index in [2.05, 4.69) is 72.1 Å². The van der Waals surface area contributed by atoms with E-state index in [0.29, 0.717) is 0 Å². The van der Waals surface area contributed by atoms with E-state index in [-0.39, 0.29) is 14.9 Å². The maximum Gasteiger partial charge on any atom is -0.00258 e. The lowest BCUT2D eigenvalue weighted by molar-refractivity contribution is 1.19. The second-order valence-electron chi connectivity index (χ2n) is 3.15. The molecule has 0 aliphatic heterocycles. The number of benzene rings is 2. The summed E-state index contributed by atoms with van der Waals surface area (Å²) in [7, 11) is 3.00. The summed E-state index contributed by atoms with van der Waals surface area (Å²) in [4.78, 5) is 0. The van der Waals surface area contributed by atoms with Crippen molar-refractivity contribution in [2.24, 2.45) is 11.5 Å². The van der Waals surface area contributed by atoms with E-state index in [1.165, 1.54) is 25.2 Å². The number of nitrogens with two attached hydrogens (primary N) is 2. The SMILES string of the molecule is C.C.CC.CC.CN.CN.c1ccc(Cc2ccccc2)cc1. The summed E-state index contributed by atoms with van der Waals surface area (Å²) in [5.41, 5.74) is 11.7. The van der Waals surface area contributed by atoms with E-state index in [1.807, 2.05) is 27.7 Å². The Labute approximate surface area is 146 Å². The van der Waals surface area contributed by atoms with Crippen molar-refractivity contribution in [3.63, 3.8) is 0 Å². The maximum atomic E-state index is 4.50. The van der Waals surface area contributed by atoms with Gasteiger partial charge in [-0.05, 0) is 31.6 Å². The van der Waals surface area contributed by atoms with Crippen molar-refractivity contribution in [2.45, 2.75) is 49.0 Å². The van der Waals surface area contributed by atoms with Gasteiger partial charge < -0.3 is 11.5 Å². The smallest absolute Gasteiger partial charge is 0.00258 e. The van der Waals surface area contributed by atoms with Gasteiger partial charge in [0.2, 0.25) is 0 Å². The average molecular weight is 323 g/mol. The first-order valence-electron chi connectivity index (χ1n) is 7.68. The molecule has 0 atom stereocenters. The molecule has 0 aliphatic rings. The van der Waals surface area contributed by atoms with Crippen LogP contribution in [0.3, 0.4) is 0 Å². The third-order valence-electron chi connectivity index (χ3n) is 2.09. The van der Waals surface area contributed by atoms with Gasteiger partial charge in [-0.2, -0.15) is 0 Å². The Morgan fingerprint density at radius 2 is 0.739 bits per heavy atom. The summed E-state index contributed by atoms with van der Waals surface area (Å²) in [6.45, 7) is 8.00. The van der Waals surface area contributed by atoms with Crippen LogP contribution >= 0.6 is 0 Å². The molecule has 2 heteroatoms. The van der Waals surface area contributed by atoms with E-state index in [1.54, 1.807) is 0 Å². The predicted molar refractivity (Wildman–Crippen MR) is 112 cm³/mol. The van der Waals surface area contributed by atoms with E-state index in [9.17, 15) is 0 Å². The van der Waals surface area contributed by atoms with Crippen LogP contribution in [0, 0.1) is 0 Å². The zero-order chi connectivity index (χ0) is 16.9. The lowest BCUT2D eigenvalue weighted by Gasteiger charge is -2.00. The van der Waals surface area contributed by atoms with Crippen LogP contribution in [0.4, 0.5) is 0 Å². The van der Waals surface area contributed by atoms with Crippen molar-refractivity contribution in [3.8, 4) is 0 Å². The van der Waals surface area contributed by atoms with Gasteiger partial charge in [0.25, 0.3) is 0 Å². The molecule has 23 heavy (non-hydrogen) atoms. The molecule has 0 aliphatic carbocycles. The van der Waals surface area contributed by atoms with Crippen LogP contribution in [0.1, 0.15) is 53.7 Å². The Hall–Kier alpha value is -1.64. The normalized spacial score (nSPS) is 6.61. The molecule has 0 radical (unpaired) electrons. The fraction of sp³-hybridized carbons (Fsp3) is 0.429. The average Bonchev–Trinajstić information content (AvgIpc) is 2.64. The van der Waals surface area contributed by atoms with E-state index in [0.717, 1.165) is 6.42 Å². The largest absolute Gasteiger partial charge is 0.333 e. The summed E-state index contributed by atoms with van der Waals surface area (Å²) in [6, 6.07) is 21.1. The molecular formula is C21H42N2. The zero-order valence-electron chi connectivity index (χ0n) is 14.6.